The minimum absolute atomic E-state index is 0.0731. The van der Waals surface area contributed by atoms with Crippen molar-refractivity contribution >= 4 is 17.5 Å². The van der Waals surface area contributed by atoms with Crippen molar-refractivity contribution in [3.63, 3.8) is 0 Å². The molecule has 0 bridgehead atoms. The van der Waals surface area contributed by atoms with Crippen molar-refractivity contribution in [1.82, 2.24) is 4.90 Å². The Kier molecular flexibility index (Phi) is 5.03. The standard InChI is InChI=1S/C24H21N3O5/c25-22(28)13-30-17-8-6-16(7-9-17)23-26-19-4-2-1-3-18(19)24(29)27(23)12-15-5-10-20-21(11-15)32-14-31-20/h1-11,23,26H,12-14H2,(H2,25,28). The van der Waals surface area contributed by atoms with Crippen LogP contribution >= 0.6 is 0 Å². The highest BCUT2D eigenvalue weighted by Crippen LogP contribution is 2.37. The van der Waals surface area contributed by atoms with Crippen LogP contribution < -0.4 is 25.3 Å². The van der Waals surface area contributed by atoms with Gasteiger partial charge in [-0.3, -0.25) is 9.59 Å². The number of carbonyl (C=O) groups excluding carboxylic acids is 2. The van der Waals surface area contributed by atoms with E-state index in [0.29, 0.717) is 29.4 Å². The predicted molar refractivity (Wildman–Crippen MR) is 116 cm³/mol. The number of hydrogen-bond acceptors (Lipinski definition) is 6. The summed E-state index contributed by atoms with van der Waals surface area (Å²) in [4.78, 5) is 26.2. The number of amides is 2. The molecule has 0 fully saturated rings. The van der Waals surface area contributed by atoms with E-state index in [2.05, 4.69) is 5.32 Å². The molecule has 0 saturated carbocycles. The van der Waals surface area contributed by atoms with Gasteiger partial charge in [0.15, 0.2) is 18.1 Å². The molecule has 1 unspecified atom stereocenters. The fourth-order valence-corrected chi connectivity index (χ4v) is 3.86. The Morgan fingerprint density at radius 3 is 2.66 bits per heavy atom. The number of para-hydroxylation sites is 1. The second-order valence-electron chi connectivity index (χ2n) is 7.54. The summed E-state index contributed by atoms with van der Waals surface area (Å²) in [6.45, 7) is 0.383. The van der Waals surface area contributed by atoms with Crippen LogP contribution in [-0.2, 0) is 11.3 Å². The number of anilines is 1. The van der Waals surface area contributed by atoms with E-state index in [1.54, 1.807) is 17.0 Å². The summed E-state index contributed by atoms with van der Waals surface area (Å²) in [5, 5.41) is 3.47. The number of carbonyl (C=O) groups is 2. The molecule has 2 amide bonds. The van der Waals surface area contributed by atoms with Crippen molar-refractivity contribution in [2.45, 2.75) is 12.7 Å². The maximum atomic E-state index is 13.4. The van der Waals surface area contributed by atoms with Crippen molar-refractivity contribution in [2.24, 2.45) is 5.73 Å². The fraction of sp³-hybridized carbons (Fsp3) is 0.167. The lowest BCUT2D eigenvalue weighted by Crippen LogP contribution is -2.42. The van der Waals surface area contributed by atoms with Crippen LogP contribution in [0.3, 0.4) is 0 Å². The van der Waals surface area contributed by atoms with Crippen LogP contribution in [0.5, 0.6) is 17.2 Å². The van der Waals surface area contributed by atoms with Crippen molar-refractivity contribution in [3.8, 4) is 17.2 Å². The summed E-state index contributed by atoms with van der Waals surface area (Å²) in [7, 11) is 0. The molecule has 32 heavy (non-hydrogen) atoms. The van der Waals surface area contributed by atoms with Crippen molar-refractivity contribution in [3.05, 3.63) is 83.4 Å². The van der Waals surface area contributed by atoms with Gasteiger partial charge in [0.05, 0.1) is 5.56 Å². The molecule has 3 N–H and O–H groups in total. The minimum atomic E-state index is -0.542. The van der Waals surface area contributed by atoms with Crippen LogP contribution in [0.2, 0.25) is 0 Å². The molecule has 3 aromatic rings. The maximum Gasteiger partial charge on any atom is 0.258 e. The molecular weight excluding hydrogens is 410 g/mol. The first-order valence-corrected chi connectivity index (χ1v) is 10.1. The fourth-order valence-electron chi connectivity index (χ4n) is 3.86. The summed E-state index contributed by atoms with van der Waals surface area (Å²) < 4.78 is 16.2. The Labute approximate surface area is 184 Å². The molecule has 162 valence electrons. The largest absolute Gasteiger partial charge is 0.484 e. The average molecular weight is 431 g/mol. The highest BCUT2D eigenvalue weighted by atomic mass is 16.7. The van der Waals surface area contributed by atoms with E-state index in [0.717, 1.165) is 16.8 Å². The Morgan fingerprint density at radius 1 is 1.06 bits per heavy atom. The molecular formula is C24H21N3O5. The first kappa shape index (κ1) is 19.7. The van der Waals surface area contributed by atoms with Gasteiger partial charge in [-0.1, -0.05) is 30.3 Å². The third-order valence-corrected chi connectivity index (χ3v) is 5.39. The zero-order valence-electron chi connectivity index (χ0n) is 17.1. The lowest BCUT2D eigenvalue weighted by Gasteiger charge is -2.38. The molecule has 5 rings (SSSR count). The Balaban J connectivity index is 1.46. The topological polar surface area (TPSA) is 103 Å². The Morgan fingerprint density at radius 2 is 1.84 bits per heavy atom. The summed E-state index contributed by atoms with van der Waals surface area (Å²) >= 11 is 0. The predicted octanol–water partition coefficient (Wildman–Crippen LogP) is 3.05. The first-order valence-electron chi connectivity index (χ1n) is 10.1. The van der Waals surface area contributed by atoms with E-state index in [4.69, 9.17) is 19.9 Å². The number of nitrogens with two attached hydrogens (primary N) is 1. The highest BCUT2D eigenvalue weighted by molar-refractivity contribution is 6.01. The molecule has 0 radical (unpaired) electrons. The van der Waals surface area contributed by atoms with Gasteiger partial charge in [0.1, 0.15) is 11.9 Å². The van der Waals surface area contributed by atoms with Crippen molar-refractivity contribution in [2.75, 3.05) is 18.7 Å². The number of fused-ring (bicyclic) bond motifs is 2. The molecule has 0 aliphatic carbocycles. The van der Waals surface area contributed by atoms with E-state index in [9.17, 15) is 9.59 Å². The Hall–Kier alpha value is -4.20. The van der Waals surface area contributed by atoms with Crippen molar-refractivity contribution in [1.29, 1.82) is 0 Å². The van der Waals surface area contributed by atoms with Gasteiger partial charge in [-0.05, 0) is 47.5 Å². The van der Waals surface area contributed by atoms with Crippen LogP contribution in [0, 0.1) is 0 Å². The molecule has 0 aromatic heterocycles. The van der Waals surface area contributed by atoms with Crippen LogP contribution in [0.25, 0.3) is 0 Å². The average Bonchev–Trinajstić information content (AvgIpc) is 3.28. The van der Waals surface area contributed by atoms with E-state index < -0.39 is 12.1 Å². The normalized spacial score (nSPS) is 16.3. The third kappa shape index (κ3) is 3.78. The second kappa shape index (κ2) is 8.14. The summed E-state index contributed by atoms with van der Waals surface area (Å²) in [6, 6.07) is 20.4. The van der Waals surface area contributed by atoms with Gasteiger partial charge < -0.3 is 30.2 Å². The van der Waals surface area contributed by atoms with E-state index in [-0.39, 0.29) is 19.3 Å². The molecule has 2 aliphatic rings. The van der Waals surface area contributed by atoms with Gasteiger partial charge in [0.25, 0.3) is 11.8 Å². The number of benzene rings is 3. The molecule has 1 atom stereocenters. The van der Waals surface area contributed by atoms with E-state index >= 15 is 0 Å². The van der Waals surface area contributed by atoms with Crippen molar-refractivity contribution < 1.29 is 23.8 Å². The Bertz CT molecular complexity index is 1180. The van der Waals surface area contributed by atoms with Gasteiger partial charge in [0, 0.05) is 12.2 Å². The van der Waals surface area contributed by atoms with Crippen LogP contribution in [0.15, 0.2) is 66.7 Å². The molecule has 8 heteroatoms. The molecule has 3 aromatic carbocycles. The quantitative estimate of drug-likeness (QED) is 0.622. The molecule has 8 nitrogen and oxygen atoms in total. The maximum absolute atomic E-state index is 13.4. The van der Waals surface area contributed by atoms with Gasteiger partial charge >= 0.3 is 0 Å². The number of ether oxygens (including phenoxy) is 3. The van der Waals surface area contributed by atoms with Crippen LogP contribution in [0.4, 0.5) is 5.69 Å². The monoisotopic (exact) mass is 431 g/mol. The lowest BCUT2D eigenvalue weighted by molar-refractivity contribution is -0.119. The zero-order chi connectivity index (χ0) is 22.1. The van der Waals surface area contributed by atoms with Gasteiger partial charge in [-0.25, -0.2) is 0 Å². The van der Waals surface area contributed by atoms with Gasteiger partial charge in [-0.2, -0.15) is 0 Å². The number of rotatable bonds is 6. The van der Waals surface area contributed by atoms with Crippen LogP contribution in [-0.4, -0.2) is 30.1 Å². The lowest BCUT2D eigenvalue weighted by atomic mass is 10.0. The molecule has 0 spiro atoms. The SMILES string of the molecule is NC(=O)COc1ccc(C2Nc3ccccc3C(=O)N2Cc2ccc3c(c2)OCO3)cc1. The molecule has 2 aliphatic heterocycles. The minimum Gasteiger partial charge on any atom is -0.484 e. The van der Waals surface area contributed by atoms with E-state index in [1.165, 1.54) is 0 Å². The van der Waals surface area contributed by atoms with Gasteiger partial charge in [0.2, 0.25) is 6.79 Å². The van der Waals surface area contributed by atoms with E-state index in [1.807, 2.05) is 54.6 Å². The number of primary amides is 1. The first-order chi connectivity index (χ1) is 15.6. The van der Waals surface area contributed by atoms with Crippen LogP contribution in [0.1, 0.15) is 27.7 Å². The number of nitrogens with zero attached hydrogens (tertiary/aromatic N) is 1. The second-order valence-corrected chi connectivity index (χ2v) is 7.54. The zero-order valence-corrected chi connectivity index (χ0v) is 17.1. The summed E-state index contributed by atoms with van der Waals surface area (Å²) in [6.07, 6.45) is -0.395. The summed E-state index contributed by atoms with van der Waals surface area (Å²) in [5.41, 5.74) is 8.33. The number of hydrogen-bond donors (Lipinski definition) is 2. The third-order valence-electron chi connectivity index (χ3n) is 5.39. The molecule has 2 heterocycles. The molecule has 0 saturated heterocycles. The summed E-state index contributed by atoms with van der Waals surface area (Å²) in [5.74, 6) is 1.28. The smallest absolute Gasteiger partial charge is 0.258 e. The number of nitrogens with one attached hydrogen (secondary N) is 1. The highest BCUT2D eigenvalue weighted by Gasteiger charge is 2.33. The van der Waals surface area contributed by atoms with Gasteiger partial charge in [-0.15, -0.1) is 0 Å².